The molecule has 0 saturated carbocycles. The number of carbonyl (C=O) groups excluding carboxylic acids is 1. The van der Waals surface area contributed by atoms with Gasteiger partial charge in [-0.25, -0.2) is 10.4 Å². The average Bonchev–Trinajstić information content (AvgIpc) is 2.57. The molecular weight excluding hydrogens is 174 g/mol. The first-order chi connectivity index (χ1) is 5.83. The van der Waals surface area contributed by atoms with Crippen LogP contribution in [0, 0.1) is 0 Å². The molecule has 0 radical (unpaired) electrons. The van der Waals surface area contributed by atoms with Gasteiger partial charge in [0.05, 0.1) is 17.4 Å². The Bertz CT molecular complexity index is 268. The lowest BCUT2D eigenvalue weighted by Gasteiger charge is -1.91. The summed E-state index contributed by atoms with van der Waals surface area (Å²) in [5, 5.41) is 5.55. The highest BCUT2D eigenvalue weighted by atomic mass is 32.1. The second-order valence-electron chi connectivity index (χ2n) is 2.06. The molecular formula is C7H9N3OS. The summed E-state index contributed by atoms with van der Waals surface area (Å²) < 4.78 is 0. The van der Waals surface area contributed by atoms with E-state index in [1.54, 1.807) is 12.4 Å². The summed E-state index contributed by atoms with van der Waals surface area (Å²) in [5.41, 5.74) is 4.84. The van der Waals surface area contributed by atoms with Crippen molar-refractivity contribution in [3.8, 4) is 0 Å². The second kappa shape index (κ2) is 4.61. The Morgan fingerprint density at radius 2 is 2.75 bits per heavy atom. The maximum atomic E-state index is 10.7. The van der Waals surface area contributed by atoms with E-state index in [1.807, 2.05) is 5.38 Å². The largest absolute Gasteiger partial charge is 0.273 e. The summed E-state index contributed by atoms with van der Waals surface area (Å²) in [6.07, 6.45) is 1.96. The fourth-order valence-electron chi connectivity index (χ4n) is 0.535. The molecule has 1 amide bonds. The van der Waals surface area contributed by atoms with Crippen molar-refractivity contribution >= 4 is 23.5 Å². The fourth-order valence-corrected chi connectivity index (χ4v) is 1.04. The van der Waals surface area contributed by atoms with E-state index in [-0.39, 0.29) is 5.91 Å². The minimum Gasteiger partial charge on any atom is -0.273 e. The summed E-state index contributed by atoms with van der Waals surface area (Å²) in [7, 11) is 0. The number of nitrogens with zero attached hydrogens (tertiary/aromatic N) is 2. The Kier molecular flexibility index (Phi) is 3.40. The molecule has 0 aliphatic rings. The highest BCUT2D eigenvalue weighted by Crippen LogP contribution is 1.96. The first kappa shape index (κ1) is 8.86. The Balaban J connectivity index is 2.37. The summed E-state index contributed by atoms with van der Waals surface area (Å²) in [5.74, 6) is -0.0959. The van der Waals surface area contributed by atoms with Crippen molar-refractivity contribution in [3.63, 3.8) is 0 Å². The molecule has 12 heavy (non-hydrogen) atoms. The molecule has 0 unspecified atom stereocenters. The predicted molar refractivity (Wildman–Crippen MR) is 48.1 cm³/mol. The number of aromatic nitrogens is 1. The van der Waals surface area contributed by atoms with Crippen LogP contribution >= 0.6 is 11.3 Å². The molecule has 64 valence electrons. The summed E-state index contributed by atoms with van der Waals surface area (Å²) in [6, 6.07) is 0. The van der Waals surface area contributed by atoms with Gasteiger partial charge in [-0.1, -0.05) is 6.92 Å². The van der Waals surface area contributed by atoms with Gasteiger partial charge in [-0.15, -0.1) is 11.3 Å². The van der Waals surface area contributed by atoms with Gasteiger partial charge in [0.2, 0.25) is 5.91 Å². The average molecular weight is 183 g/mol. The topological polar surface area (TPSA) is 54.4 Å². The maximum absolute atomic E-state index is 10.7. The molecule has 1 N–H and O–H groups in total. The quantitative estimate of drug-likeness (QED) is 0.561. The zero-order valence-electron chi connectivity index (χ0n) is 6.65. The van der Waals surface area contributed by atoms with E-state index in [0.717, 1.165) is 5.69 Å². The molecule has 5 heteroatoms. The number of rotatable bonds is 3. The van der Waals surface area contributed by atoms with Gasteiger partial charge >= 0.3 is 0 Å². The summed E-state index contributed by atoms with van der Waals surface area (Å²) in [4.78, 5) is 14.7. The number of carbonyl (C=O) groups is 1. The fraction of sp³-hybridized carbons (Fsp3) is 0.286. The van der Waals surface area contributed by atoms with Crippen LogP contribution in [0.1, 0.15) is 19.0 Å². The van der Waals surface area contributed by atoms with Gasteiger partial charge in [-0.05, 0) is 0 Å². The number of hydrazone groups is 1. The molecule has 4 nitrogen and oxygen atoms in total. The zero-order chi connectivity index (χ0) is 8.81. The zero-order valence-corrected chi connectivity index (χ0v) is 7.47. The van der Waals surface area contributed by atoms with Crippen molar-refractivity contribution in [1.29, 1.82) is 0 Å². The molecule has 0 bridgehead atoms. The molecule has 1 aromatic rings. The first-order valence-corrected chi connectivity index (χ1v) is 4.47. The van der Waals surface area contributed by atoms with Crippen LogP contribution < -0.4 is 5.43 Å². The Labute approximate surface area is 74.3 Å². The number of nitrogens with one attached hydrogen (secondary N) is 1. The van der Waals surface area contributed by atoms with E-state index in [4.69, 9.17) is 0 Å². The van der Waals surface area contributed by atoms with E-state index in [1.165, 1.54) is 17.6 Å². The van der Waals surface area contributed by atoms with Crippen molar-refractivity contribution < 1.29 is 4.79 Å². The molecule has 0 spiro atoms. The summed E-state index contributed by atoms with van der Waals surface area (Å²) in [6.45, 7) is 1.77. The van der Waals surface area contributed by atoms with Gasteiger partial charge < -0.3 is 0 Å². The van der Waals surface area contributed by atoms with Crippen LogP contribution in [-0.2, 0) is 4.79 Å². The van der Waals surface area contributed by atoms with Gasteiger partial charge in [0, 0.05) is 11.8 Å². The van der Waals surface area contributed by atoms with E-state index >= 15 is 0 Å². The second-order valence-corrected chi connectivity index (χ2v) is 2.78. The minimum absolute atomic E-state index is 0.0959. The third kappa shape index (κ3) is 2.79. The lowest BCUT2D eigenvalue weighted by Crippen LogP contribution is -2.15. The minimum atomic E-state index is -0.0959. The van der Waals surface area contributed by atoms with Crippen molar-refractivity contribution in [2.45, 2.75) is 13.3 Å². The number of amides is 1. The molecule has 0 aliphatic heterocycles. The van der Waals surface area contributed by atoms with Gasteiger partial charge in [0.15, 0.2) is 0 Å². The third-order valence-electron chi connectivity index (χ3n) is 1.16. The van der Waals surface area contributed by atoms with Gasteiger partial charge in [-0.2, -0.15) is 5.10 Å². The number of thiazole rings is 1. The molecule has 0 aliphatic carbocycles. The Morgan fingerprint density at radius 1 is 1.92 bits per heavy atom. The van der Waals surface area contributed by atoms with Gasteiger partial charge in [-0.3, -0.25) is 4.79 Å². The van der Waals surface area contributed by atoms with Crippen molar-refractivity contribution in [1.82, 2.24) is 10.4 Å². The molecule has 1 rings (SSSR count). The predicted octanol–water partition coefficient (Wildman–Crippen LogP) is 1.00. The van der Waals surface area contributed by atoms with Gasteiger partial charge in [0.1, 0.15) is 0 Å². The smallest absolute Gasteiger partial charge is 0.239 e. The normalized spacial score (nSPS) is 10.4. The number of hydrogen-bond acceptors (Lipinski definition) is 4. The van der Waals surface area contributed by atoms with Gasteiger partial charge in [0.25, 0.3) is 0 Å². The lowest BCUT2D eigenvalue weighted by molar-refractivity contribution is -0.120. The van der Waals surface area contributed by atoms with Crippen LogP contribution in [0.15, 0.2) is 16.0 Å². The number of hydrogen-bond donors (Lipinski definition) is 1. The molecule has 0 atom stereocenters. The monoisotopic (exact) mass is 183 g/mol. The molecule has 0 saturated heterocycles. The van der Waals surface area contributed by atoms with Crippen LogP contribution in [0.4, 0.5) is 0 Å². The van der Waals surface area contributed by atoms with Crippen LogP contribution in [0.2, 0.25) is 0 Å². The third-order valence-corrected chi connectivity index (χ3v) is 1.76. The van der Waals surface area contributed by atoms with Crippen molar-refractivity contribution in [2.24, 2.45) is 5.10 Å². The highest BCUT2D eigenvalue weighted by Gasteiger charge is 1.91. The van der Waals surface area contributed by atoms with E-state index in [9.17, 15) is 4.79 Å². The van der Waals surface area contributed by atoms with Crippen molar-refractivity contribution in [3.05, 3.63) is 16.6 Å². The SMILES string of the molecule is CCC(=O)N/N=C/c1cscn1. The van der Waals surface area contributed by atoms with Crippen LogP contribution in [0.3, 0.4) is 0 Å². The van der Waals surface area contributed by atoms with E-state index < -0.39 is 0 Å². The molecule has 1 aromatic heterocycles. The standard InChI is InChI=1S/C7H9N3OS/c1-2-7(11)10-9-3-6-4-12-5-8-6/h3-5H,2H2,1H3,(H,10,11)/b9-3+. The maximum Gasteiger partial charge on any atom is 0.239 e. The Hall–Kier alpha value is -1.23. The van der Waals surface area contributed by atoms with E-state index in [2.05, 4.69) is 15.5 Å². The molecule has 1 heterocycles. The molecule has 0 aromatic carbocycles. The van der Waals surface area contributed by atoms with Crippen LogP contribution in [0.5, 0.6) is 0 Å². The first-order valence-electron chi connectivity index (χ1n) is 3.53. The van der Waals surface area contributed by atoms with Crippen molar-refractivity contribution in [2.75, 3.05) is 0 Å². The molecule has 0 fully saturated rings. The lowest BCUT2D eigenvalue weighted by atomic mass is 10.5. The summed E-state index contributed by atoms with van der Waals surface area (Å²) >= 11 is 1.49. The Morgan fingerprint density at radius 3 is 3.33 bits per heavy atom. The van der Waals surface area contributed by atoms with Crippen LogP contribution in [0.25, 0.3) is 0 Å². The van der Waals surface area contributed by atoms with Crippen LogP contribution in [-0.4, -0.2) is 17.1 Å². The highest BCUT2D eigenvalue weighted by molar-refractivity contribution is 7.07. The van der Waals surface area contributed by atoms with E-state index in [0.29, 0.717) is 6.42 Å².